The largest absolute Gasteiger partial charge is 0.493 e. The number of pyridine rings is 1. The molecule has 5 heteroatoms. The molecule has 0 bridgehead atoms. The van der Waals surface area contributed by atoms with E-state index < -0.39 is 0 Å². The number of nitrogens with zero attached hydrogens (tertiary/aromatic N) is 1. The SMILES string of the molecule is CCCCOc1ccc(C(=O)NCCc2cccnc2)cc1OC. The molecule has 0 saturated heterocycles. The number of unbranched alkanes of at least 4 members (excludes halogenated alkanes) is 1. The number of benzene rings is 1. The number of ether oxygens (including phenoxy) is 2. The molecule has 1 heterocycles. The van der Waals surface area contributed by atoms with Gasteiger partial charge in [-0.2, -0.15) is 0 Å². The van der Waals surface area contributed by atoms with Crippen molar-refractivity contribution in [2.24, 2.45) is 0 Å². The molecular formula is C19H24N2O3. The summed E-state index contributed by atoms with van der Waals surface area (Å²) in [5, 5.41) is 2.91. The molecule has 0 fully saturated rings. The van der Waals surface area contributed by atoms with Gasteiger partial charge in [0.05, 0.1) is 13.7 Å². The molecule has 1 N–H and O–H groups in total. The lowest BCUT2D eigenvalue weighted by Crippen LogP contribution is -2.25. The molecule has 2 rings (SSSR count). The Hall–Kier alpha value is -2.56. The topological polar surface area (TPSA) is 60.5 Å². The summed E-state index contributed by atoms with van der Waals surface area (Å²) in [7, 11) is 1.58. The predicted octanol–water partition coefficient (Wildman–Crippen LogP) is 3.24. The van der Waals surface area contributed by atoms with Crippen LogP contribution in [0, 0.1) is 0 Å². The molecule has 0 unspecified atom stereocenters. The molecular weight excluding hydrogens is 304 g/mol. The van der Waals surface area contributed by atoms with E-state index in [9.17, 15) is 4.79 Å². The Balaban J connectivity index is 1.91. The minimum absolute atomic E-state index is 0.128. The Bertz CT molecular complexity index is 644. The monoisotopic (exact) mass is 328 g/mol. The summed E-state index contributed by atoms with van der Waals surface area (Å²) in [5.41, 5.74) is 1.65. The zero-order valence-corrected chi connectivity index (χ0v) is 14.2. The number of hydrogen-bond donors (Lipinski definition) is 1. The lowest BCUT2D eigenvalue weighted by molar-refractivity contribution is 0.0953. The fourth-order valence-corrected chi connectivity index (χ4v) is 2.22. The Kier molecular flexibility index (Phi) is 7.08. The van der Waals surface area contributed by atoms with Crippen LogP contribution in [-0.4, -0.2) is 31.2 Å². The highest BCUT2D eigenvalue weighted by Gasteiger charge is 2.11. The van der Waals surface area contributed by atoms with E-state index in [2.05, 4.69) is 17.2 Å². The van der Waals surface area contributed by atoms with Crippen LogP contribution in [0.4, 0.5) is 0 Å². The number of rotatable bonds is 9. The van der Waals surface area contributed by atoms with E-state index in [4.69, 9.17) is 9.47 Å². The maximum Gasteiger partial charge on any atom is 0.251 e. The van der Waals surface area contributed by atoms with E-state index in [0.29, 0.717) is 30.2 Å². The zero-order valence-electron chi connectivity index (χ0n) is 14.2. The molecule has 128 valence electrons. The van der Waals surface area contributed by atoms with Gasteiger partial charge in [0.1, 0.15) is 0 Å². The molecule has 1 aromatic carbocycles. The first-order valence-corrected chi connectivity index (χ1v) is 8.22. The smallest absolute Gasteiger partial charge is 0.251 e. The summed E-state index contributed by atoms with van der Waals surface area (Å²) in [5.74, 6) is 1.11. The fraction of sp³-hybridized carbons (Fsp3) is 0.368. The van der Waals surface area contributed by atoms with Gasteiger partial charge in [-0.3, -0.25) is 9.78 Å². The summed E-state index contributed by atoms with van der Waals surface area (Å²) in [6.45, 7) is 3.31. The lowest BCUT2D eigenvalue weighted by Gasteiger charge is -2.12. The van der Waals surface area contributed by atoms with Crippen LogP contribution in [0.1, 0.15) is 35.7 Å². The Labute approximate surface area is 143 Å². The first-order valence-electron chi connectivity index (χ1n) is 8.22. The highest BCUT2D eigenvalue weighted by Crippen LogP contribution is 2.28. The van der Waals surface area contributed by atoms with E-state index in [0.717, 1.165) is 24.8 Å². The van der Waals surface area contributed by atoms with Crippen LogP contribution in [0.2, 0.25) is 0 Å². The minimum atomic E-state index is -0.128. The number of aromatic nitrogens is 1. The maximum absolute atomic E-state index is 12.3. The summed E-state index contributed by atoms with van der Waals surface area (Å²) in [6, 6.07) is 9.12. The maximum atomic E-state index is 12.3. The quantitative estimate of drug-likeness (QED) is 0.718. The van der Waals surface area contributed by atoms with Gasteiger partial charge in [0.25, 0.3) is 5.91 Å². The third kappa shape index (κ3) is 5.26. The highest BCUT2D eigenvalue weighted by molar-refractivity contribution is 5.94. The van der Waals surface area contributed by atoms with E-state index >= 15 is 0 Å². The molecule has 0 spiro atoms. The molecule has 0 aliphatic rings. The van der Waals surface area contributed by atoms with Gasteiger partial charge >= 0.3 is 0 Å². The average Bonchev–Trinajstić information content (AvgIpc) is 2.63. The van der Waals surface area contributed by atoms with E-state index in [1.807, 2.05) is 12.1 Å². The van der Waals surface area contributed by atoms with Crippen molar-refractivity contribution in [2.75, 3.05) is 20.3 Å². The van der Waals surface area contributed by atoms with Gasteiger partial charge < -0.3 is 14.8 Å². The van der Waals surface area contributed by atoms with Gasteiger partial charge in [0, 0.05) is 24.5 Å². The summed E-state index contributed by atoms with van der Waals surface area (Å²) in [6.07, 6.45) is 6.34. The van der Waals surface area contributed by atoms with Gasteiger partial charge in [-0.25, -0.2) is 0 Å². The van der Waals surface area contributed by atoms with Gasteiger partial charge in [0.15, 0.2) is 11.5 Å². The van der Waals surface area contributed by atoms with Crippen LogP contribution < -0.4 is 14.8 Å². The number of nitrogens with one attached hydrogen (secondary N) is 1. The zero-order chi connectivity index (χ0) is 17.2. The molecule has 0 aliphatic heterocycles. The van der Waals surface area contributed by atoms with Crippen molar-refractivity contribution in [3.8, 4) is 11.5 Å². The van der Waals surface area contributed by atoms with Crippen LogP contribution in [-0.2, 0) is 6.42 Å². The number of amides is 1. The van der Waals surface area contributed by atoms with Crippen LogP contribution in [0.15, 0.2) is 42.7 Å². The third-order valence-electron chi connectivity index (χ3n) is 3.60. The summed E-state index contributed by atoms with van der Waals surface area (Å²) >= 11 is 0. The number of methoxy groups -OCH3 is 1. The van der Waals surface area contributed by atoms with Crippen molar-refractivity contribution in [3.63, 3.8) is 0 Å². The minimum Gasteiger partial charge on any atom is -0.493 e. The second-order valence-corrected chi connectivity index (χ2v) is 5.43. The Morgan fingerprint density at radius 1 is 1.25 bits per heavy atom. The highest BCUT2D eigenvalue weighted by atomic mass is 16.5. The molecule has 5 nitrogen and oxygen atoms in total. The van der Waals surface area contributed by atoms with Crippen LogP contribution in [0.25, 0.3) is 0 Å². The van der Waals surface area contributed by atoms with Crippen molar-refractivity contribution in [1.82, 2.24) is 10.3 Å². The predicted molar refractivity (Wildman–Crippen MR) is 93.7 cm³/mol. The van der Waals surface area contributed by atoms with Crippen LogP contribution in [0.3, 0.4) is 0 Å². The van der Waals surface area contributed by atoms with E-state index in [-0.39, 0.29) is 5.91 Å². The van der Waals surface area contributed by atoms with Gasteiger partial charge in [0.2, 0.25) is 0 Å². The molecule has 0 atom stereocenters. The number of hydrogen-bond acceptors (Lipinski definition) is 4. The number of carbonyl (C=O) groups is 1. The molecule has 24 heavy (non-hydrogen) atoms. The van der Waals surface area contributed by atoms with Crippen LogP contribution >= 0.6 is 0 Å². The summed E-state index contributed by atoms with van der Waals surface area (Å²) in [4.78, 5) is 16.3. The van der Waals surface area contributed by atoms with Crippen molar-refractivity contribution in [3.05, 3.63) is 53.9 Å². The average molecular weight is 328 g/mol. The fourth-order valence-electron chi connectivity index (χ4n) is 2.22. The third-order valence-corrected chi connectivity index (χ3v) is 3.60. The Morgan fingerprint density at radius 3 is 2.83 bits per heavy atom. The molecule has 1 aromatic heterocycles. The van der Waals surface area contributed by atoms with Crippen molar-refractivity contribution < 1.29 is 14.3 Å². The van der Waals surface area contributed by atoms with Gasteiger partial charge in [-0.1, -0.05) is 19.4 Å². The van der Waals surface area contributed by atoms with Crippen molar-refractivity contribution in [1.29, 1.82) is 0 Å². The van der Waals surface area contributed by atoms with Crippen molar-refractivity contribution >= 4 is 5.91 Å². The molecule has 0 radical (unpaired) electrons. The molecule has 0 saturated carbocycles. The first kappa shape index (κ1) is 17.8. The molecule has 2 aromatic rings. The van der Waals surface area contributed by atoms with Crippen LogP contribution in [0.5, 0.6) is 11.5 Å². The second-order valence-electron chi connectivity index (χ2n) is 5.43. The van der Waals surface area contributed by atoms with Gasteiger partial charge in [-0.05, 0) is 42.7 Å². The van der Waals surface area contributed by atoms with Gasteiger partial charge in [-0.15, -0.1) is 0 Å². The van der Waals surface area contributed by atoms with E-state index in [1.165, 1.54) is 0 Å². The molecule has 0 aliphatic carbocycles. The second kappa shape index (κ2) is 9.55. The summed E-state index contributed by atoms with van der Waals surface area (Å²) < 4.78 is 11.0. The Morgan fingerprint density at radius 2 is 2.12 bits per heavy atom. The van der Waals surface area contributed by atoms with E-state index in [1.54, 1.807) is 37.7 Å². The van der Waals surface area contributed by atoms with Crippen molar-refractivity contribution in [2.45, 2.75) is 26.2 Å². The normalized spacial score (nSPS) is 10.2. The standard InChI is InChI=1S/C19H24N2O3/c1-3-4-12-24-17-8-7-16(13-18(17)23-2)19(22)21-11-9-15-6-5-10-20-14-15/h5-8,10,13-14H,3-4,9,11-12H2,1-2H3,(H,21,22). The first-order chi connectivity index (χ1) is 11.7. The molecule has 1 amide bonds. The number of carbonyl (C=O) groups excluding carboxylic acids is 1. The lowest BCUT2D eigenvalue weighted by atomic mass is 10.1.